The van der Waals surface area contributed by atoms with Crippen LogP contribution in [0.5, 0.6) is 0 Å². The summed E-state index contributed by atoms with van der Waals surface area (Å²) in [6.07, 6.45) is -3.30. The van der Waals surface area contributed by atoms with E-state index in [0.717, 1.165) is 0 Å². The average molecular weight is 304 g/mol. The van der Waals surface area contributed by atoms with Gasteiger partial charge in [-0.1, -0.05) is 11.8 Å². The number of hydrogen-bond donors (Lipinski definition) is 6. The Bertz CT molecular complexity index is 539. The van der Waals surface area contributed by atoms with Gasteiger partial charge < -0.3 is 31.1 Å². The number of hydrogen-bond acceptors (Lipinski definition) is 9. The van der Waals surface area contributed by atoms with Crippen LogP contribution in [-0.2, 0) is 4.74 Å². The zero-order valence-corrected chi connectivity index (χ0v) is 11.4. The molecule has 0 spiro atoms. The number of nitrogens with one attached hydrogen (secondary N) is 2. The lowest BCUT2D eigenvalue weighted by atomic mass is 10.0. The van der Waals surface area contributed by atoms with Crippen LogP contribution >= 0.6 is 11.8 Å². The van der Waals surface area contributed by atoms with E-state index in [1.165, 1.54) is 11.8 Å². The maximum absolute atomic E-state index is 11.8. The molecule has 0 radical (unpaired) electrons. The summed E-state index contributed by atoms with van der Waals surface area (Å²) in [5.41, 5.74) is 5.09. The van der Waals surface area contributed by atoms with E-state index >= 15 is 0 Å². The van der Waals surface area contributed by atoms with Crippen molar-refractivity contribution < 1.29 is 20.1 Å². The third-order valence-electron chi connectivity index (χ3n) is 2.91. The molecule has 1 unspecified atom stereocenters. The summed E-state index contributed by atoms with van der Waals surface area (Å²) < 4.78 is 5.13. The molecule has 2 heterocycles. The summed E-state index contributed by atoms with van der Waals surface area (Å²) >= 11 is 1.22. The fraction of sp³-hybridized carbons (Fsp3) is 0.600. The number of nitrogens with two attached hydrogens (primary N) is 1. The van der Waals surface area contributed by atoms with Crippen molar-refractivity contribution in [3.63, 3.8) is 0 Å². The van der Waals surface area contributed by atoms with Gasteiger partial charge in [-0.2, -0.15) is 0 Å². The molecule has 2 rings (SSSR count). The standard InChI is InChI=1S/C10H16N4O5S/c1-20-10-13-7(11)4(8(18)14-10)12-9-6(17)5(16)3(15)2-19-9/h3,5-6,9,12,15-17H,2H2,1H3,(H3,11,13,14,18)/t3-,5-,6+,9?/m1/s1. The number of aliphatic hydroxyl groups is 3. The first-order valence-electron chi connectivity index (χ1n) is 5.80. The lowest BCUT2D eigenvalue weighted by molar-refractivity contribution is -0.178. The molecule has 0 bridgehead atoms. The van der Waals surface area contributed by atoms with Crippen LogP contribution in [0.25, 0.3) is 0 Å². The predicted molar refractivity (Wildman–Crippen MR) is 72.4 cm³/mol. The van der Waals surface area contributed by atoms with Crippen molar-refractivity contribution in [3.8, 4) is 0 Å². The number of rotatable bonds is 3. The summed E-state index contributed by atoms with van der Waals surface area (Å²) in [7, 11) is 0. The summed E-state index contributed by atoms with van der Waals surface area (Å²) in [4.78, 5) is 18.3. The normalized spacial score (nSPS) is 30.2. The Balaban J connectivity index is 2.20. The molecular weight excluding hydrogens is 288 g/mol. The second kappa shape index (κ2) is 5.97. The summed E-state index contributed by atoms with van der Waals surface area (Å²) in [5.74, 6) is -0.0467. The lowest BCUT2D eigenvalue weighted by Crippen LogP contribution is -2.55. The molecule has 112 valence electrons. The zero-order valence-electron chi connectivity index (χ0n) is 10.6. The molecule has 9 nitrogen and oxygen atoms in total. The fourth-order valence-electron chi connectivity index (χ4n) is 1.78. The first-order valence-corrected chi connectivity index (χ1v) is 7.02. The van der Waals surface area contributed by atoms with Crippen molar-refractivity contribution >= 4 is 23.3 Å². The van der Waals surface area contributed by atoms with Crippen molar-refractivity contribution in [2.75, 3.05) is 23.9 Å². The highest BCUT2D eigenvalue weighted by atomic mass is 32.2. The van der Waals surface area contributed by atoms with Crippen LogP contribution in [0.2, 0.25) is 0 Å². The highest BCUT2D eigenvalue weighted by Crippen LogP contribution is 2.20. The molecule has 0 aliphatic carbocycles. The highest BCUT2D eigenvalue weighted by molar-refractivity contribution is 7.98. The first kappa shape index (κ1) is 15.1. The van der Waals surface area contributed by atoms with Gasteiger partial charge in [-0.05, 0) is 6.26 Å². The molecule has 1 fully saturated rings. The molecule has 7 N–H and O–H groups in total. The maximum Gasteiger partial charge on any atom is 0.277 e. The van der Waals surface area contributed by atoms with Gasteiger partial charge in [0.05, 0.1) is 6.61 Å². The molecule has 0 amide bonds. The largest absolute Gasteiger partial charge is 0.388 e. The number of nitrogens with zero attached hydrogens (tertiary/aromatic N) is 1. The van der Waals surface area contributed by atoms with Crippen LogP contribution in [0.1, 0.15) is 0 Å². The number of H-pyrrole nitrogens is 1. The first-order chi connectivity index (χ1) is 9.43. The third kappa shape index (κ3) is 2.88. The molecule has 1 aliphatic heterocycles. The molecule has 1 saturated heterocycles. The third-order valence-corrected chi connectivity index (χ3v) is 3.49. The number of aromatic amines is 1. The number of aliphatic hydroxyl groups excluding tert-OH is 3. The van der Waals surface area contributed by atoms with Crippen LogP contribution in [-0.4, -0.2) is 62.7 Å². The van der Waals surface area contributed by atoms with Crippen molar-refractivity contribution in [1.29, 1.82) is 0 Å². The van der Waals surface area contributed by atoms with Gasteiger partial charge in [0.15, 0.2) is 17.2 Å². The van der Waals surface area contributed by atoms with E-state index in [2.05, 4.69) is 15.3 Å². The van der Waals surface area contributed by atoms with Crippen LogP contribution in [0.15, 0.2) is 9.95 Å². The Morgan fingerprint density at radius 3 is 2.75 bits per heavy atom. The Labute approximate surface area is 118 Å². The minimum absolute atomic E-state index is 0.0467. The van der Waals surface area contributed by atoms with Gasteiger partial charge in [0.1, 0.15) is 24.0 Å². The predicted octanol–water partition coefficient (Wildman–Crippen LogP) is -2.08. The van der Waals surface area contributed by atoms with Gasteiger partial charge in [-0.25, -0.2) is 4.98 Å². The van der Waals surface area contributed by atoms with E-state index in [1.54, 1.807) is 6.26 Å². The lowest BCUT2D eigenvalue weighted by Gasteiger charge is -2.35. The number of ether oxygens (including phenoxy) is 1. The second-order valence-corrected chi connectivity index (χ2v) is 5.08. The van der Waals surface area contributed by atoms with Crippen molar-refractivity contribution in [2.24, 2.45) is 0 Å². The van der Waals surface area contributed by atoms with Crippen LogP contribution < -0.4 is 16.6 Å². The van der Waals surface area contributed by atoms with E-state index in [4.69, 9.17) is 10.5 Å². The molecule has 1 aliphatic rings. The summed E-state index contributed by atoms with van der Waals surface area (Å²) in [6, 6.07) is 0. The fourth-order valence-corrected chi connectivity index (χ4v) is 2.17. The van der Waals surface area contributed by atoms with Crippen LogP contribution in [0, 0.1) is 0 Å². The van der Waals surface area contributed by atoms with Crippen molar-refractivity contribution in [1.82, 2.24) is 9.97 Å². The average Bonchev–Trinajstić information content (AvgIpc) is 2.42. The van der Waals surface area contributed by atoms with E-state index in [9.17, 15) is 20.1 Å². The van der Waals surface area contributed by atoms with Crippen LogP contribution in [0.4, 0.5) is 11.5 Å². The maximum atomic E-state index is 11.8. The van der Waals surface area contributed by atoms with E-state index in [-0.39, 0.29) is 18.1 Å². The Morgan fingerprint density at radius 2 is 2.15 bits per heavy atom. The smallest absolute Gasteiger partial charge is 0.277 e. The van der Waals surface area contributed by atoms with E-state index < -0.39 is 30.1 Å². The number of anilines is 2. The molecule has 1 aromatic heterocycles. The van der Waals surface area contributed by atoms with Crippen molar-refractivity contribution in [2.45, 2.75) is 29.7 Å². The van der Waals surface area contributed by atoms with Gasteiger partial charge in [-0.15, -0.1) is 0 Å². The summed E-state index contributed by atoms with van der Waals surface area (Å²) in [5, 5.41) is 31.6. The molecule has 0 aromatic carbocycles. The zero-order chi connectivity index (χ0) is 14.9. The highest BCUT2D eigenvalue weighted by Gasteiger charge is 2.38. The second-order valence-electron chi connectivity index (χ2n) is 4.28. The molecule has 0 saturated carbocycles. The minimum Gasteiger partial charge on any atom is -0.388 e. The molecule has 10 heteroatoms. The van der Waals surface area contributed by atoms with E-state index in [0.29, 0.717) is 5.16 Å². The van der Waals surface area contributed by atoms with Gasteiger partial charge in [0.2, 0.25) is 0 Å². The summed E-state index contributed by atoms with van der Waals surface area (Å²) in [6.45, 7) is -0.177. The molecule has 20 heavy (non-hydrogen) atoms. The Kier molecular flexibility index (Phi) is 4.50. The Hall–Kier alpha value is -1.33. The van der Waals surface area contributed by atoms with Gasteiger partial charge in [0, 0.05) is 0 Å². The minimum atomic E-state index is -1.40. The number of nitrogen functional groups attached to an aromatic ring is 1. The monoisotopic (exact) mass is 304 g/mol. The van der Waals surface area contributed by atoms with Crippen LogP contribution in [0.3, 0.4) is 0 Å². The number of aromatic nitrogens is 2. The number of thioether (sulfide) groups is 1. The van der Waals surface area contributed by atoms with Gasteiger partial charge >= 0.3 is 0 Å². The van der Waals surface area contributed by atoms with Gasteiger partial charge in [-0.3, -0.25) is 9.78 Å². The van der Waals surface area contributed by atoms with Gasteiger partial charge in [0.25, 0.3) is 5.56 Å². The van der Waals surface area contributed by atoms with E-state index in [1.807, 2.05) is 0 Å². The quantitative estimate of drug-likeness (QED) is 0.273. The van der Waals surface area contributed by atoms with Crippen molar-refractivity contribution in [3.05, 3.63) is 10.4 Å². The molecule has 4 atom stereocenters. The molecule has 1 aromatic rings. The topological polar surface area (TPSA) is 154 Å². The Morgan fingerprint density at radius 1 is 1.45 bits per heavy atom. The SMILES string of the molecule is CSc1nc(N)c(NC2OC[C@@H](O)[C@@H](O)[C@@H]2O)c(=O)[nH]1. The molecular formula is C10H16N4O5S.